The predicted molar refractivity (Wildman–Crippen MR) is 149 cm³/mol. The van der Waals surface area contributed by atoms with Crippen LogP contribution in [0, 0.1) is 5.82 Å². The molecule has 2 N–H and O–H groups in total. The van der Waals surface area contributed by atoms with Crippen molar-refractivity contribution in [3.63, 3.8) is 0 Å². The molecular formula is C29H29FN2O5S. The van der Waals surface area contributed by atoms with Gasteiger partial charge in [-0.2, -0.15) is 0 Å². The second-order valence-corrected chi connectivity index (χ2v) is 9.60. The number of aliphatic carboxylic acids is 1. The number of carbonyl (C=O) groups excluding carboxylic acids is 1. The van der Waals surface area contributed by atoms with Crippen molar-refractivity contribution < 1.29 is 28.6 Å². The molecule has 0 bridgehead atoms. The summed E-state index contributed by atoms with van der Waals surface area (Å²) in [7, 11) is 0. The van der Waals surface area contributed by atoms with Gasteiger partial charge in [-0.25, -0.2) is 9.38 Å². The number of carboxylic acid groups (broad SMARTS) is 1. The van der Waals surface area contributed by atoms with Crippen molar-refractivity contribution in [2.24, 2.45) is 4.99 Å². The monoisotopic (exact) mass is 536 g/mol. The van der Waals surface area contributed by atoms with E-state index >= 15 is 0 Å². The number of thioether (sulfide) groups is 1. The molecule has 7 nitrogen and oxygen atoms in total. The van der Waals surface area contributed by atoms with Crippen molar-refractivity contribution in [1.82, 2.24) is 5.32 Å². The minimum atomic E-state index is -1.06. The Morgan fingerprint density at radius 2 is 1.84 bits per heavy atom. The number of nitrogens with zero attached hydrogens (tertiary/aromatic N) is 1. The van der Waals surface area contributed by atoms with Crippen molar-refractivity contribution in [2.75, 3.05) is 13.2 Å². The third-order valence-corrected chi connectivity index (χ3v) is 6.89. The van der Waals surface area contributed by atoms with Crippen LogP contribution in [0.25, 0.3) is 16.8 Å². The number of hydrogen-bond donors (Lipinski definition) is 2. The molecule has 0 radical (unpaired) electrons. The van der Waals surface area contributed by atoms with Gasteiger partial charge in [-0.15, -0.1) is 0 Å². The van der Waals surface area contributed by atoms with Gasteiger partial charge in [-0.05, 0) is 56.3 Å². The molecule has 0 saturated carbocycles. The molecule has 4 rings (SSSR count). The highest BCUT2D eigenvalue weighted by atomic mass is 32.2. The van der Waals surface area contributed by atoms with Crippen molar-refractivity contribution in [2.45, 2.75) is 39.5 Å². The molecule has 0 aromatic heterocycles. The quantitative estimate of drug-likeness (QED) is 0.282. The number of halogens is 1. The predicted octanol–water partition coefficient (Wildman–Crippen LogP) is 6.64. The fourth-order valence-electron chi connectivity index (χ4n) is 4.33. The SMILES string of the molecule is CCCC(C(=O)O)c1ccc(N=C2NC(=O)C(=Cc3cc(OCC)c4ccccc4c3OCC)S2)cc1F. The molecule has 1 heterocycles. The van der Waals surface area contributed by atoms with Crippen LogP contribution in [0.1, 0.15) is 50.7 Å². The van der Waals surface area contributed by atoms with E-state index in [9.17, 15) is 19.1 Å². The van der Waals surface area contributed by atoms with Gasteiger partial charge < -0.3 is 19.9 Å². The standard InChI is InChI=1S/C29H29FN2O5S/c1-4-9-22(28(34)35)19-13-12-18(16-23(19)30)31-29-32-27(33)25(38-29)15-17-14-24(36-5-2)20-10-7-8-11-21(20)26(17)37-6-3/h7-8,10-16,22H,4-6,9H2,1-3H3,(H,34,35)(H,31,32,33). The third kappa shape index (κ3) is 5.83. The zero-order valence-corrected chi connectivity index (χ0v) is 22.2. The number of benzene rings is 3. The summed E-state index contributed by atoms with van der Waals surface area (Å²) >= 11 is 1.13. The topological polar surface area (TPSA) is 97.2 Å². The zero-order valence-electron chi connectivity index (χ0n) is 21.4. The fraction of sp³-hybridized carbons (Fsp3) is 0.276. The van der Waals surface area contributed by atoms with E-state index in [4.69, 9.17) is 9.47 Å². The van der Waals surface area contributed by atoms with Gasteiger partial charge in [0.15, 0.2) is 5.17 Å². The first kappa shape index (κ1) is 27.2. The van der Waals surface area contributed by atoms with E-state index in [1.165, 1.54) is 12.1 Å². The normalized spacial score (nSPS) is 16.2. The Balaban J connectivity index is 1.66. The van der Waals surface area contributed by atoms with Gasteiger partial charge in [-0.1, -0.05) is 43.7 Å². The number of nitrogens with one attached hydrogen (secondary N) is 1. The first-order valence-corrected chi connectivity index (χ1v) is 13.3. The molecule has 3 aromatic carbocycles. The smallest absolute Gasteiger partial charge is 0.311 e. The minimum absolute atomic E-state index is 0.122. The summed E-state index contributed by atoms with van der Waals surface area (Å²) in [6, 6.07) is 13.8. The van der Waals surface area contributed by atoms with Crippen molar-refractivity contribution in [3.05, 3.63) is 70.4 Å². The number of rotatable bonds is 10. The maximum atomic E-state index is 14.8. The van der Waals surface area contributed by atoms with E-state index in [2.05, 4.69) is 10.3 Å². The van der Waals surface area contributed by atoms with Crippen LogP contribution in [0.3, 0.4) is 0 Å². The molecule has 0 spiro atoms. The summed E-state index contributed by atoms with van der Waals surface area (Å²) in [5.41, 5.74) is 1.09. The summed E-state index contributed by atoms with van der Waals surface area (Å²) in [6.07, 6.45) is 2.69. The first-order valence-electron chi connectivity index (χ1n) is 12.5. The van der Waals surface area contributed by atoms with Crippen molar-refractivity contribution >= 4 is 51.3 Å². The van der Waals surface area contributed by atoms with Crippen molar-refractivity contribution in [3.8, 4) is 11.5 Å². The Kier molecular flexibility index (Phi) is 8.68. The molecule has 0 aliphatic carbocycles. The summed E-state index contributed by atoms with van der Waals surface area (Å²) in [6.45, 7) is 6.60. The Morgan fingerprint density at radius 1 is 1.11 bits per heavy atom. The Labute approximate surface area is 224 Å². The zero-order chi connectivity index (χ0) is 27.2. The summed E-state index contributed by atoms with van der Waals surface area (Å²) in [5, 5.41) is 14.3. The van der Waals surface area contributed by atoms with Gasteiger partial charge in [0.2, 0.25) is 0 Å². The molecule has 1 unspecified atom stereocenters. The van der Waals surface area contributed by atoms with E-state index < -0.39 is 17.7 Å². The van der Waals surface area contributed by atoms with Crippen LogP contribution in [0.5, 0.6) is 11.5 Å². The van der Waals surface area contributed by atoms with E-state index in [1.807, 2.05) is 51.1 Å². The maximum absolute atomic E-state index is 14.8. The molecule has 3 aromatic rings. The van der Waals surface area contributed by atoms with E-state index in [1.54, 1.807) is 12.1 Å². The molecule has 1 saturated heterocycles. The molecule has 1 aliphatic heterocycles. The highest BCUT2D eigenvalue weighted by molar-refractivity contribution is 8.18. The largest absolute Gasteiger partial charge is 0.493 e. The summed E-state index contributed by atoms with van der Waals surface area (Å²) < 4.78 is 26.6. The molecule has 38 heavy (non-hydrogen) atoms. The highest BCUT2D eigenvalue weighted by Gasteiger charge is 2.26. The average molecular weight is 537 g/mol. The number of ether oxygens (including phenoxy) is 2. The van der Waals surface area contributed by atoms with Crippen LogP contribution >= 0.6 is 11.8 Å². The Bertz CT molecular complexity index is 1440. The lowest BCUT2D eigenvalue weighted by Gasteiger charge is -2.15. The molecule has 1 atom stereocenters. The number of amides is 1. The number of carbonyl (C=O) groups is 2. The van der Waals surface area contributed by atoms with Crippen LogP contribution in [0.15, 0.2) is 58.4 Å². The summed E-state index contributed by atoms with van der Waals surface area (Å²) in [5.74, 6) is -1.62. The second kappa shape index (κ2) is 12.1. The summed E-state index contributed by atoms with van der Waals surface area (Å²) in [4.78, 5) is 29.1. The maximum Gasteiger partial charge on any atom is 0.311 e. The molecule has 1 fully saturated rings. The molecule has 1 aliphatic rings. The van der Waals surface area contributed by atoms with E-state index in [0.717, 1.165) is 22.5 Å². The van der Waals surface area contributed by atoms with Crippen LogP contribution < -0.4 is 14.8 Å². The third-order valence-electron chi connectivity index (χ3n) is 5.98. The Hall–Kier alpha value is -3.85. The number of amidine groups is 1. The van der Waals surface area contributed by atoms with Crippen LogP contribution in [-0.4, -0.2) is 35.4 Å². The lowest BCUT2D eigenvalue weighted by atomic mass is 9.94. The number of fused-ring (bicyclic) bond motifs is 1. The lowest BCUT2D eigenvalue weighted by molar-refractivity contribution is -0.139. The van der Waals surface area contributed by atoms with Gasteiger partial charge in [0.1, 0.15) is 17.3 Å². The van der Waals surface area contributed by atoms with E-state index in [0.29, 0.717) is 53.2 Å². The number of aliphatic imine (C=N–C) groups is 1. The fourth-order valence-corrected chi connectivity index (χ4v) is 5.16. The molecular weight excluding hydrogens is 507 g/mol. The van der Waals surface area contributed by atoms with E-state index in [-0.39, 0.29) is 17.2 Å². The lowest BCUT2D eigenvalue weighted by Crippen LogP contribution is -2.19. The van der Waals surface area contributed by atoms with Gasteiger partial charge >= 0.3 is 5.97 Å². The molecule has 198 valence electrons. The van der Waals surface area contributed by atoms with Crippen molar-refractivity contribution in [1.29, 1.82) is 0 Å². The second-order valence-electron chi connectivity index (χ2n) is 8.57. The van der Waals surface area contributed by atoms with Gasteiger partial charge in [-0.3, -0.25) is 9.59 Å². The number of carboxylic acids is 1. The van der Waals surface area contributed by atoms with Crippen LogP contribution in [-0.2, 0) is 9.59 Å². The van der Waals surface area contributed by atoms with Gasteiger partial charge in [0, 0.05) is 21.9 Å². The highest BCUT2D eigenvalue weighted by Crippen LogP contribution is 2.40. The van der Waals surface area contributed by atoms with Gasteiger partial charge in [0.25, 0.3) is 5.91 Å². The average Bonchev–Trinajstić information content (AvgIpc) is 3.23. The van der Waals surface area contributed by atoms with Gasteiger partial charge in [0.05, 0.1) is 29.7 Å². The van der Waals surface area contributed by atoms with Crippen LogP contribution in [0.4, 0.5) is 10.1 Å². The number of hydrogen-bond acceptors (Lipinski definition) is 6. The molecule has 1 amide bonds. The minimum Gasteiger partial charge on any atom is -0.493 e. The Morgan fingerprint density at radius 3 is 2.50 bits per heavy atom. The molecule has 9 heteroatoms. The first-order chi connectivity index (χ1) is 18.4. The van der Waals surface area contributed by atoms with Crippen LogP contribution in [0.2, 0.25) is 0 Å².